The Bertz CT molecular complexity index is 128. The highest BCUT2D eigenvalue weighted by molar-refractivity contribution is 4.65. The van der Waals surface area contributed by atoms with E-state index >= 15 is 0 Å². The molecule has 0 aliphatic heterocycles. The molecule has 0 amide bonds. The maximum Gasteiger partial charge on any atom is 0.0488 e. The van der Waals surface area contributed by atoms with Gasteiger partial charge in [0.25, 0.3) is 0 Å². The van der Waals surface area contributed by atoms with Gasteiger partial charge < -0.3 is 10.5 Å². The third-order valence-corrected chi connectivity index (χ3v) is 2.83. The third-order valence-electron chi connectivity index (χ3n) is 2.83. The monoisotopic (exact) mass is 215 g/mol. The quantitative estimate of drug-likeness (QED) is 0.567. The first-order chi connectivity index (χ1) is 7.20. The second-order valence-corrected chi connectivity index (χ2v) is 4.76. The van der Waals surface area contributed by atoms with Gasteiger partial charge in [-0.3, -0.25) is 0 Å². The van der Waals surface area contributed by atoms with Crippen LogP contribution in [0.4, 0.5) is 0 Å². The Morgan fingerprint density at radius 3 is 2.40 bits per heavy atom. The van der Waals surface area contributed by atoms with E-state index < -0.39 is 0 Å². The van der Waals surface area contributed by atoms with E-state index in [1.807, 2.05) is 0 Å². The molecule has 0 bridgehead atoms. The summed E-state index contributed by atoms with van der Waals surface area (Å²) in [5, 5.41) is 0. The summed E-state index contributed by atoms with van der Waals surface area (Å²) in [7, 11) is 1.76. The summed E-state index contributed by atoms with van der Waals surface area (Å²) in [6.45, 7) is 5.29. The minimum Gasteiger partial charge on any atom is -0.384 e. The number of unbranched alkanes of at least 4 members (excludes halogenated alkanes) is 4. The van der Waals surface area contributed by atoms with Gasteiger partial charge in [-0.1, -0.05) is 46.0 Å². The van der Waals surface area contributed by atoms with Crippen LogP contribution < -0.4 is 5.73 Å². The van der Waals surface area contributed by atoms with Crippen molar-refractivity contribution < 1.29 is 4.74 Å². The number of ether oxygens (including phenoxy) is 1. The Kier molecular flexibility index (Phi) is 10.4. The van der Waals surface area contributed by atoms with Gasteiger partial charge >= 0.3 is 0 Å². The summed E-state index contributed by atoms with van der Waals surface area (Å²) in [6, 6.07) is 0.372. The van der Waals surface area contributed by atoms with Crippen molar-refractivity contribution in [2.24, 2.45) is 11.7 Å². The van der Waals surface area contributed by atoms with Crippen LogP contribution in [0.5, 0.6) is 0 Å². The smallest absolute Gasteiger partial charge is 0.0488 e. The molecular formula is C13H29NO. The molecule has 0 aromatic heterocycles. The Balaban J connectivity index is 3.28. The molecular weight excluding hydrogens is 186 g/mol. The molecule has 2 heteroatoms. The summed E-state index contributed by atoms with van der Waals surface area (Å²) < 4.78 is 5.11. The lowest BCUT2D eigenvalue weighted by atomic mass is 9.98. The van der Waals surface area contributed by atoms with Crippen molar-refractivity contribution in [3.8, 4) is 0 Å². The van der Waals surface area contributed by atoms with Crippen molar-refractivity contribution in [3.05, 3.63) is 0 Å². The predicted molar refractivity (Wildman–Crippen MR) is 67.0 cm³/mol. The highest BCUT2D eigenvalue weighted by Gasteiger charge is 2.08. The van der Waals surface area contributed by atoms with Crippen molar-refractivity contribution in [2.45, 2.75) is 64.8 Å². The van der Waals surface area contributed by atoms with E-state index in [1.165, 1.54) is 38.5 Å². The molecule has 0 heterocycles. The zero-order valence-electron chi connectivity index (χ0n) is 10.8. The van der Waals surface area contributed by atoms with E-state index in [2.05, 4.69) is 13.8 Å². The normalized spacial score (nSPS) is 15.2. The largest absolute Gasteiger partial charge is 0.384 e. The van der Waals surface area contributed by atoms with Crippen LogP contribution in [-0.4, -0.2) is 19.8 Å². The summed E-state index contributed by atoms with van der Waals surface area (Å²) in [6.07, 6.45) is 8.98. The van der Waals surface area contributed by atoms with Crippen LogP contribution in [0.2, 0.25) is 0 Å². The number of hydrogen-bond donors (Lipinski definition) is 1. The van der Waals surface area contributed by atoms with Crippen molar-refractivity contribution in [1.82, 2.24) is 0 Å². The first-order valence-corrected chi connectivity index (χ1v) is 6.45. The van der Waals surface area contributed by atoms with Gasteiger partial charge in [0.1, 0.15) is 0 Å². The summed E-state index contributed by atoms with van der Waals surface area (Å²) in [5.41, 5.74) is 6.06. The third kappa shape index (κ3) is 10.2. The average molecular weight is 215 g/mol. The highest BCUT2D eigenvalue weighted by atomic mass is 16.5. The van der Waals surface area contributed by atoms with Crippen LogP contribution >= 0.6 is 0 Å². The van der Waals surface area contributed by atoms with Crippen LogP contribution in [0.3, 0.4) is 0 Å². The van der Waals surface area contributed by atoms with Gasteiger partial charge in [0, 0.05) is 19.8 Å². The van der Waals surface area contributed by atoms with Gasteiger partial charge in [-0.05, 0) is 18.8 Å². The van der Waals surface area contributed by atoms with Gasteiger partial charge in [0.05, 0.1) is 0 Å². The topological polar surface area (TPSA) is 35.2 Å². The number of methoxy groups -OCH3 is 1. The Hall–Kier alpha value is -0.0800. The van der Waals surface area contributed by atoms with Crippen LogP contribution in [0.15, 0.2) is 0 Å². The maximum absolute atomic E-state index is 6.06. The van der Waals surface area contributed by atoms with E-state index in [4.69, 9.17) is 10.5 Å². The molecule has 0 saturated carbocycles. The molecule has 0 aliphatic rings. The summed E-state index contributed by atoms with van der Waals surface area (Å²) >= 11 is 0. The lowest BCUT2D eigenvalue weighted by Crippen LogP contribution is -2.24. The van der Waals surface area contributed by atoms with E-state index in [1.54, 1.807) is 7.11 Å². The fourth-order valence-electron chi connectivity index (χ4n) is 2.00. The number of rotatable bonds is 10. The fraction of sp³-hybridized carbons (Fsp3) is 1.00. The standard InChI is InChI=1S/C13H29NO/c1-4-5-6-7-8-9-13(14)10-12(2)11-15-3/h12-13H,4-11,14H2,1-3H3. The maximum atomic E-state index is 6.06. The molecule has 2 nitrogen and oxygen atoms in total. The fourth-order valence-corrected chi connectivity index (χ4v) is 2.00. The Morgan fingerprint density at radius 1 is 1.13 bits per heavy atom. The first-order valence-electron chi connectivity index (χ1n) is 6.45. The van der Waals surface area contributed by atoms with E-state index in [0.29, 0.717) is 12.0 Å². The second-order valence-electron chi connectivity index (χ2n) is 4.76. The van der Waals surface area contributed by atoms with Crippen molar-refractivity contribution in [3.63, 3.8) is 0 Å². The zero-order valence-corrected chi connectivity index (χ0v) is 10.8. The van der Waals surface area contributed by atoms with E-state index in [0.717, 1.165) is 13.0 Å². The van der Waals surface area contributed by atoms with E-state index in [-0.39, 0.29) is 0 Å². The summed E-state index contributed by atoms with van der Waals surface area (Å²) in [4.78, 5) is 0. The molecule has 0 aromatic carbocycles. The minimum atomic E-state index is 0.372. The SMILES string of the molecule is CCCCCCCC(N)CC(C)COC. The van der Waals surface area contributed by atoms with Gasteiger partial charge in [-0.25, -0.2) is 0 Å². The van der Waals surface area contributed by atoms with Crippen LogP contribution in [0, 0.1) is 5.92 Å². The molecule has 92 valence electrons. The second kappa shape index (κ2) is 10.4. The Labute approximate surface area is 95.6 Å². The molecule has 0 fully saturated rings. The van der Waals surface area contributed by atoms with Crippen LogP contribution in [0.1, 0.15) is 58.8 Å². The molecule has 2 unspecified atom stereocenters. The Morgan fingerprint density at radius 2 is 1.80 bits per heavy atom. The number of nitrogens with two attached hydrogens (primary N) is 1. The van der Waals surface area contributed by atoms with Gasteiger partial charge in [-0.15, -0.1) is 0 Å². The summed E-state index contributed by atoms with van der Waals surface area (Å²) in [5.74, 6) is 0.598. The van der Waals surface area contributed by atoms with Crippen molar-refractivity contribution in [1.29, 1.82) is 0 Å². The van der Waals surface area contributed by atoms with E-state index in [9.17, 15) is 0 Å². The highest BCUT2D eigenvalue weighted by Crippen LogP contribution is 2.12. The van der Waals surface area contributed by atoms with Gasteiger partial charge in [-0.2, -0.15) is 0 Å². The van der Waals surface area contributed by atoms with Crippen molar-refractivity contribution in [2.75, 3.05) is 13.7 Å². The number of hydrogen-bond acceptors (Lipinski definition) is 2. The molecule has 2 atom stereocenters. The molecule has 0 aliphatic carbocycles. The molecule has 15 heavy (non-hydrogen) atoms. The molecule has 2 N–H and O–H groups in total. The lowest BCUT2D eigenvalue weighted by molar-refractivity contribution is 0.151. The zero-order chi connectivity index (χ0) is 11.5. The van der Waals surface area contributed by atoms with Crippen LogP contribution in [-0.2, 0) is 4.74 Å². The predicted octanol–water partition coefficient (Wildman–Crippen LogP) is 3.35. The molecule has 0 saturated heterocycles. The molecule has 0 aromatic rings. The average Bonchev–Trinajstić information content (AvgIpc) is 2.17. The molecule has 0 rings (SSSR count). The molecule has 0 radical (unpaired) electrons. The van der Waals surface area contributed by atoms with Gasteiger partial charge in [0.2, 0.25) is 0 Å². The molecule has 0 spiro atoms. The van der Waals surface area contributed by atoms with Crippen molar-refractivity contribution >= 4 is 0 Å². The van der Waals surface area contributed by atoms with Gasteiger partial charge in [0.15, 0.2) is 0 Å². The minimum absolute atomic E-state index is 0.372. The van der Waals surface area contributed by atoms with Crippen LogP contribution in [0.25, 0.3) is 0 Å². The lowest BCUT2D eigenvalue weighted by Gasteiger charge is -2.16. The first kappa shape index (κ1) is 14.9.